The zero-order valence-corrected chi connectivity index (χ0v) is 25.2. The van der Waals surface area contributed by atoms with Gasteiger partial charge >= 0.3 is 12.1 Å². The fraction of sp³-hybridized carbons (Fsp3) is 0.531. The number of phenolic OH excluding ortho intramolecular Hbond substituents is 1. The number of aliphatic carboxylic acids is 1. The molecule has 0 radical (unpaired) electrons. The van der Waals surface area contributed by atoms with Crippen molar-refractivity contribution in [2.45, 2.75) is 70.0 Å². The summed E-state index contributed by atoms with van der Waals surface area (Å²) in [4.78, 5) is 35.8. The predicted molar refractivity (Wildman–Crippen MR) is 161 cm³/mol. The largest absolute Gasteiger partial charge is 0.506 e. The van der Waals surface area contributed by atoms with Gasteiger partial charge in [0.1, 0.15) is 11.4 Å². The summed E-state index contributed by atoms with van der Waals surface area (Å²) >= 11 is 0. The third-order valence-corrected chi connectivity index (χ3v) is 7.60. The number of fused-ring (bicyclic) bond motifs is 1. The summed E-state index contributed by atoms with van der Waals surface area (Å²) in [6.45, 7) is 3.10. The molecule has 0 aromatic heterocycles. The first-order valence-electron chi connectivity index (χ1n) is 15.3. The Morgan fingerprint density at radius 3 is 2.36 bits per heavy atom. The van der Waals surface area contributed by atoms with Crippen LogP contribution in [0.1, 0.15) is 56.1 Å². The van der Waals surface area contributed by atoms with Crippen LogP contribution in [0.2, 0.25) is 0 Å². The number of carboxylic acids is 1. The van der Waals surface area contributed by atoms with Crippen molar-refractivity contribution in [3.63, 3.8) is 0 Å². The van der Waals surface area contributed by atoms with Crippen molar-refractivity contribution >= 4 is 23.5 Å². The van der Waals surface area contributed by atoms with Gasteiger partial charge < -0.3 is 35.2 Å². The van der Waals surface area contributed by atoms with Gasteiger partial charge in [0.2, 0.25) is 5.91 Å². The molecule has 0 unspecified atom stereocenters. The first-order chi connectivity index (χ1) is 21.6. The van der Waals surface area contributed by atoms with Gasteiger partial charge in [-0.3, -0.25) is 9.59 Å². The van der Waals surface area contributed by atoms with Crippen molar-refractivity contribution in [1.29, 1.82) is 0 Å². The number of phenols is 1. The average molecular weight is 638 g/mol. The fourth-order valence-corrected chi connectivity index (χ4v) is 5.28. The molecule has 2 aromatic rings. The van der Waals surface area contributed by atoms with E-state index in [0.29, 0.717) is 63.2 Å². The maximum Gasteiger partial charge on any atom is 0.490 e. The quantitative estimate of drug-likeness (QED) is 0.141. The van der Waals surface area contributed by atoms with Crippen LogP contribution in [0, 0.1) is 0 Å². The lowest BCUT2D eigenvalue weighted by molar-refractivity contribution is -0.192. The molecule has 1 fully saturated rings. The molecule has 4 rings (SSSR count). The van der Waals surface area contributed by atoms with Gasteiger partial charge in [-0.25, -0.2) is 4.79 Å². The van der Waals surface area contributed by atoms with Crippen molar-refractivity contribution in [3.8, 4) is 11.5 Å². The van der Waals surface area contributed by atoms with E-state index in [9.17, 15) is 27.9 Å². The minimum absolute atomic E-state index is 0.00589. The number of alkyl halides is 3. The second-order valence-electron chi connectivity index (χ2n) is 10.9. The van der Waals surface area contributed by atoms with Crippen molar-refractivity contribution in [3.05, 3.63) is 53.6 Å². The number of hydrogen-bond donors (Lipinski definition) is 4. The molecule has 2 amide bonds. The number of amides is 2. The van der Waals surface area contributed by atoms with Gasteiger partial charge in [0.15, 0.2) is 12.4 Å². The molecule has 1 saturated carbocycles. The number of nitrogens with zero attached hydrogens (tertiary/aromatic N) is 1. The number of nitrogens with one attached hydrogen (secondary N) is 2. The van der Waals surface area contributed by atoms with Gasteiger partial charge in [-0.05, 0) is 49.4 Å². The maximum atomic E-state index is 13.2. The third kappa shape index (κ3) is 12.2. The maximum absolute atomic E-state index is 13.2. The van der Waals surface area contributed by atoms with Crippen LogP contribution in [0.15, 0.2) is 42.5 Å². The molecule has 13 heteroatoms. The zero-order valence-electron chi connectivity index (χ0n) is 25.2. The molecule has 248 valence electrons. The van der Waals surface area contributed by atoms with Crippen LogP contribution < -0.4 is 15.4 Å². The molecule has 0 atom stereocenters. The van der Waals surface area contributed by atoms with Gasteiger partial charge in [0, 0.05) is 19.1 Å². The molecule has 0 saturated heterocycles. The van der Waals surface area contributed by atoms with E-state index in [2.05, 4.69) is 27.7 Å². The molecule has 1 heterocycles. The van der Waals surface area contributed by atoms with Crippen LogP contribution in [-0.2, 0) is 32.0 Å². The van der Waals surface area contributed by atoms with Crippen molar-refractivity contribution in [2.24, 2.45) is 0 Å². The highest BCUT2D eigenvalue weighted by Crippen LogP contribution is 2.39. The lowest BCUT2D eigenvalue weighted by Gasteiger charge is -2.31. The number of ether oxygens (including phenoxy) is 2. The van der Waals surface area contributed by atoms with Crippen LogP contribution >= 0.6 is 0 Å². The van der Waals surface area contributed by atoms with Gasteiger partial charge in [0.25, 0.3) is 5.91 Å². The number of carboxylic acid groups (broad SMARTS) is 1. The van der Waals surface area contributed by atoms with Crippen LogP contribution in [0.3, 0.4) is 0 Å². The van der Waals surface area contributed by atoms with Crippen LogP contribution in [0.25, 0.3) is 0 Å². The zero-order chi connectivity index (χ0) is 32.7. The van der Waals surface area contributed by atoms with Crippen molar-refractivity contribution in [2.75, 3.05) is 44.8 Å². The Bertz CT molecular complexity index is 1240. The highest BCUT2D eigenvalue weighted by atomic mass is 19.4. The van der Waals surface area contributed by atoms with Crippen molar-refractivity contribution < 1.29 is 47.2 Å². The van der Waals surface area contributed by atoms with E-state index in [0.717, 1.165) is 24.8 Å². The second kappa shape index (κ2) is 18.2. The Balaban J connectivity index is 0.000000707. The van der Waals surface area contributed by atoms with E-state index in [4.69, 9.17) is 19.4 Å². The van der Waals surface area contributed by atoms with Crippen LogP contribution in [0.5, 0.6) is 11.5 Å². The predicted octanol–water partition coefficient (Wildman–Crippen LogP) is 4.69. The summed E-state index contributed by atoms with van der Waals surface area (Å²) in [7, 11) is 0. The number of carbonyl (C=O) groups is 3. The molecular formula is C32H42F3N3O7. The standard InChI is InChI=1S/C30H41N3O5.C2HF3O2/c34-26-13-12-24(30-29(26)32-27(35)22-38-30)14-17-31-18-19-33(25-10-6-1-2-7-11-25)28(36)16-21-37-20-15-23-8-4-3-5-9-23;3-2(4,5)1(6)7/h3-5,8-9,12-13,25,31,34H,1-2,6-7,10-11,14-22H2,(H,32,35);(H,6,7). The Morgan fingerprint density at radius 2 is 1.69 bits per heavy atom. The Kier molecular flexibility index (Phi) is 14.4. The van der Waals surface area contributed by atoms with Crippen LogP contribution in [-0.4, -0.2) is 84.6 Å². The molecule has 0 bridgehead atoms. The number of carbonyl (C=O) groups excluding carboxylic acids is 2. The molecular weight excluding hydrogens is 595 g/mol. The van der Waals surface area contributed by atoms with Crippen molar-refractivity contribution in [1.82, 2.24) is 10.2 Å². The lowest BCUT2D eigenvalue weighted by atomic mass is 10.1. The summed E-state index contributed by atoms with van der Waals surface area (Å²) in [6, 6.07) is 14.0. The number of rotatable bonds is 13. The van der Waals surface area contributed by atoms with E-state index in [-0.39, 0.29) is 24.2 Å². The van der Waals surface area contributed by atoms with E-state index < -0.39 is 12.1 Å². The highest BCUT2D eigenvalue weighted by Gasteiger charge is 2.38. The monoisotopic (exact) mass is 637 g/mol. The topological polar surface area (TPSA) is 137 Å². The SMILES string of the molecule is O=C(O)C(F)(F)F.O=C1COc2c(CCNCCN(C(=O)CCOCCc3ccccc3)C3CCCCCC3)ccc(O)c2N1. The number of hydrogen-bond acceptors (Lipinski definition) is 7. The molecule has 0 spiro atoms. The molecule has 2 aromatic carbocycles. The van der Waals surface area contributed by atoms with E-state index in [1.54, 1.807) is 6.07 Å². The smallest absolute Gasteiger partial charge is 0.490 e. The van der Waals surface area contributed by atoms with E-state index in [1.807, 2.05) is 24.3 Å². The Morgan fingerprint density at radius 1 is 1.00 bits per heavy atom. The third-order valence-electron chi connectivity index (χ3n) is 7.60. The second-order valence-corrected chi connectivity index (χ2v) is 10.9. The molecule has 1 aliphatic heterocycles. The molecule has 10 nitrogen and oxygen atoms in total. The number of anilines is 1. The Labute approximate surface area is 260 Å². The highest BCUT2D eigenvalue weighted by molar-refractivity contribution is 5.97. The molecule has 1 aliphatic carbocycles. The first kappa shape index (κ1) is 35.6. The Hall–Kier alpha value is -3.84. The van der Waals surface area contributed by atoms with Gasteiger partial charge in [-0.15, -0.1) is 0 Å². The molecule has 45 heavy (non-hydrogen) atoms. The summed E-state index contributed by atoms with van der Waals surface area (Å²) < 4.78 is 43.1. The lowest BCUT2D eigenvalue weighted by Crippen LogP contribution is -2.44. The molecule has 4 N–H and O–H groups in total. The van der Waals surface area contributed by atoms with Gasteiger partial charge in [0.05, 0.1) is 19.6 Å². The fourth-order valence-electron chi connectivity index (χ4n) is 5.28. The van der Waals surface area contributed by atoms with E-state index in [1.165, 1.54) is 31.2 Å². The molecule has 2 aliphatic rings. The summed E-state index contributed by atoms with van der Waals surface area (Å²) in [5, 5.41) is 23.3. The van der Waals surface area contributed by atoms with Gasteiger partial charge in [-0.2, -0.15) is 13.2 Å². The minimum Gasteiger partial charge on any atom is -0.506 e. The normalized spacial score (nSPS) is 15.0. The summed E-state index contributed by atoms with van der Waals surface area (Å²) in [6.07, 6.45) is 3.87. The number of benzene rings is 2. The average Bonchev–Trinajstić information content (AvgIpc) is 3.30. The summed E-state index contributed by atoms with van der Waals surface area (Å²) in [5.41, 5.74) is 2.51. The number of halogens is 3. The van der Waals surface area contributed by atoms with E-state index >= 15 is 0 Å². The number of aromatic hydroxyl groups is 1. The van der Waals surface area contributed by atoms with Gasteiger partial charge in [-0.1, -0.05) is 62.1 Å². The van der Waals surface area contributed by atoms with Crippen LogP contribution in [0.4, 0.5) is 18.9 Å². The summed E-state index contributed by atoms with van der Waals surface area (Å²) in [5.74, 6) is -2.31. The first-order valence-corrected chi connectivity index (χ1v) is 15.3. The minimum atomic E-state index is -5.08.